The second kappa shape index (κ2) is 58.6. The van der Waals surface area contributed by atoms with Crippen LogP contribution in [0.4, 0.5) is 0 Å². The Balaban J connectivity index is 4.71. The van der Waals surface area contributed by atoms with Gasteiger partial charge in [-0.2, -0.15) is 0 Å². The maximum atomic E-state index is 12.9. The summed E-state index contributed by atoms with van der Waals surface area (Å²) >= 11 is 0. The third-order valence-electron chi connectivity index (χ3n) is 10.4. The average Bonchev–Trinajstić information content (AvgIpc) is 3.39. The molecule has 0 rings (SSSR count). The van der Waals surface area contributed by atoms with Crippen molar-refractivity contribution in [1.29, 1.82) is 0 Å². The number of esters is 3. The molecule has 0 fully saturated rings. The van der Waals surface area contributed by atoms with Gasteiger partial charge in [0.2, 0.25) is 0 Å². The van der Waals surface area contributed by atoms with E-state index in [-0.39, 0.29) is 50.4 Å². The summed E-state index contributed by atoms with van der Waals surface area (Å²) in [5.74, 6) is -1.13. The lowest BCUT2D eigenvalue weighted by Gasteiger charge is -2.18. The third-order valence-corrected chi connectivity index (χ3v) is 10.4. The van der Waals surface area contributed by atoms with Gasteiger partial charge in [0.05, 0.1) is 0 Å². The number of rotatable bonds is 46. The highest BCUT2D eigenvalue weighted by molar-refractivity contribution is 5.71. The standard InChI is InChI=1S/C67H96O6/c1-4-7-10-13-16-19-22-25-28-31-33-36-39-42-45-48-51-54-57-60-66(69)72-63-64(62-71-65(68)59-56-53-50-47-44-41-38-35-30-27-24-21-18-15-12-9-6-3)73-67(70)61-58-55-52-49-46-43-40-37-34-32-29-26-23-20-17-14-11-8-5-2/h7-12,15-21,24-30,33-38,41-46,51,54,64H,4-6,13-14,22-23,31-32,39-40,47-50,52-53,55-63H2,1-3H3/b10-7-,11-8-,12-9-,18-15-,19-16-,20-17-,24-21-,28-25-,29-26-,30-27-,36-33-,37-34-,38-35+,44-41-,45-42-,46-43-,54-51-. The molecule has 0 aliphatic carbocycles. The van der Waals surface area contributed by atoms with Crippen molar-refractivity contribution in [1.82, 2.24) is 0 Å². The highest BCUT2D eigenvalue weighted by atomic mass is 16.6. The third kappa shape index (κ3) is 56.8. The molecule has 0 aromatic carbocycles. The number of carbonyl (C=O) groups excluding carboxylic acids is 3. The van der Waals surface area contributed by atoms with Gasteiger partial charge in [-0.05, 0) is 122 Å². The van der Waals surface area contributed by atoms with Gasteiger partial charge in [0.25, 0.3) is 0 Å². The highest BCUT2D eigenvalue weighted by Gasteiger charge is 2.19. The van der Waals surface area contributed by atoms with Gasteiger partial charge in [-0.25, -0.2) is 0 Å². The van der Waals surface area contributed by atoms with Crippen LogP contribution in [0.2, 0.25) is 0 Å². The summed E-state index contributed by atoms with van der Waals surface area (Å²) in [7, 11) is 0. The van der Waals surface area contributed by atoms with Gasteiger partial charge in [-0.1, -0.05) is 240 Å². The summed E-state index contributed by atoms with van der Waals surface area (Å²) < 4.78 is 16.7. The Hall–Kier alpha value is -6.01. The normalized spacial score (nSPS) is 13.7. The van der Waals surface area contributed by atoms with Gasteiger partial charge in [-0.15, -0.1) is 0 Å². The molecule has 0 aliphatic rings. The first-order valence-corrected chi connectivity index (χ1v) is 27.7. The molecule has 6 heteroatoms. The van der Waals surface area contributed by atoms with E-state index in [4.69, 9.17) is 14.2 Å². The van der Waals surface area contributed by atoms with Crippen molar-refractivity contribution in [3.63, 3.8) is 0 Å². The first kappa shape index (κ1) is 67.0. The average molecular weight is 997 g/mol. The number of hydrogen-bond acceptors (Lipinski definition) is 6. The van der Waals surface area contributed by atoms with Crippen LogP contribution in [-0.4, -0.2) is 37.2 Å². The summed E-state index contributed by atoms with van der Waals surface area (Å²) in [6.07, 6.45) is 91.0. The van der Waals surface area contributed by atoms with E-state index >= 15 is 0 Å². The number of unbranched alkanes of at least 4 members (excludes halogenated alkanes) is 6. The van der Waals surface area contributed by atoms with Gasteiger partial charge in [-0.3, -0.25) is 14.4 Å². The summed E-state index contributed by atoms with van der Waals surface area (Å²) in [5, 5.41) is 0. The van der Waals surface area contributed by atoms with Crippen molar-refractivity contribution >= 4 is 17.9 Å². The topological polar surface area (TPSA) is 78.9 Å². The van der Waals surface area contributed by atoms with E-state index < -0.39 is 6.10 Å². The molecule has 0 heterocycles. The summed E-state index contributed by atoms with van der Waals surface area (Å²) in [6.45, 7) is 6.10. The van der Waals surface area contributed by atoms with Crippen molar-refractivity contribution in [2.45, 2.75) is 181 Å². The summed E-state index contributed by atoms with van der Waals surface area (Å²) in [5.41, 5.74) is 0. The minimum atomic E-state index is -0.860. The first-order chi connectivity index (χ1) is 36.0. The molecule has 400 valence electrons. The minimum Gasteiger partial charge on any atom is -0.462 e. The SMILES string of the molecule is CC\C=C/C=C\C=C/C=C\C=C\C=C/CCCCCC(=O)OCC(COC(=O)CC/C=C\C/C=C\C/C=C\C/C=C\C/C=C\C/C=C\CC)OC(=O)CCCCC/C=C\C/C=C\C/C=C\C/C=C\C/C=C\CC. The highest BCUT2D eigenvalue weighted by Crippen LogP contribution is 2.10. The molecule has 0 radical (unpaired) electrons. The predicted octanol–water partition coefficient (Wildman–Crippen LogP) is 18.9. The number of allylic oxidation sites excluding steroid dienone is 34. The fourth-order valence-electron chi connectivity index (χ4n) is 6.41. The van der Waals surface area contributed by atoms with E-state index in [1.165, 1.54) is 0 Å². The molecule has 0 bridgehead atoms. The Bertz CT molecular complexity index is 1860. The van der Waals surface area contributed by atoms with E-state index in [0.717, 1.165) is 116 Å². The molecule has 6 nitrogen and oxygen atoms in total. The zero-order chi connectivity index (χ0) is 52.9. The molecule has 1 unspecified atom stereocenters. The van der Waals surface area contributed by atoms with Gasteiger partial charge in [0, 0.05) is 19.3 Å². The predicted molar refractivity (Wildman–Crippen MR) is 315 cm³/mol. The molecular formula is C67H96O6. The van der Waals surface area contributed by atoms with E-state index in [9.17, 15) is 14.4 Å². The first-order valence-electron chi connectivity index (χ1n) is 27.7. The van der Waals surface area contributed by atoms with Gasteiger partial charge < -0.3 is 14.2 Å². The molecule has 0 N–H and O–H groups in total. The molecule has 0 saturated heterocycles. The van der Waals surface area contributed by atoms with Crippen molar-refractivity contribution in [3.05, 3.63) is 207 Å². The Morgan fingerprint density at radius 2 is 0.589 bits per heavy atom. The fraction of sp³-hybridized carbons (Fsp3) is 0.448. The van der Waals surface area contributed by atoms with Crippen LogP contribution in [0, 0.1) is 0 Å². The Morgan fingerprint density at radius 1 is 0.288 bits per heavy atom. The van der Waals surface area contributed by atoms with Gasteiger partial charge in [0.15, 0.2) is 6.10 Å². The van der Waals surface area contributed by atoms with E-state index in [2.05, 4.69) is 154 Å². The lowest BCUT2D eigenvalue weighted by molar-refractivity contribution is -0.166. The molecule has 0 saturated carbocycles. The van der Waals surface area contributed by atoms with Crippen LogP contribution in [0.25, 0.3) is 0 Å². The van der Waals surface area contributed by atoms with Crippen LogP contribution >= 0.6 is 0 Å². The molecule has 1 atom stereocenters. The van der Waals surface area contributed by atoms with Crippen molar-refractivity contribution in [2.75, 3.05) is 13.2 Å². The minimum absolute atomic E-state index is 0.151. The van der Waals surface area contributed by atoms with E-state index in [1.807, 2.05) is 72.9 Å². The maximum absolute atomic E-state index is 12.9. The van der Waals surface area contributed by atoms with Crippen LogP contribution < -0.4 is 0 Å². The van der Waals surface area contributed by atoms with Crippen LogP contribution in [0.3, 0.4) is 0 Å². The molecule has 0 aliphatic heterocycles. The smallest absolute Gasteiger partial charge is 0.306 e. The maximum Gasteiger partial charge on any atom is 0.306 e. The van der Waals surface area contributed by atoms with Gasteiger partial charge in [0.1, 0.15) is 13.2 Å². The summed E-state index contributed by atoms with van der Waals surface area (Å²) in [6, 6.07) is 0. The monoisotopic (exact) mass is 997 g/mol. The second-order valence-electron chi connectivity index (χ2n) is 17.1. The Kier molecular flexibility index (Phi) is 53.7. The van der Waals surface area contributed by atoms with Gasteiger partial charge >= 0.3 is 17.9 Å². The van der Waals surface area contributed by atoms with E-state index in [0.29, 0.717) is 19.3 Å². The Labute approximate surface area is 445 Å². The number of ether oxygens (including phenoxy) is 3. The molecule has 0 aromatic rings. The van der Waals surface area contributed by atoms with Crippen molar-refractivity contribution in [3.8, 4) is 0 Å². The zero-order valence-electron chi connectivity index (χ0n) is 45.5. The molecule has 73 heavy (non-hydrogen) atoms. The van der Waals surface area contributed by atoms with Crippen LogP contribution in [0.15, 0.2) is 207 Å². The van der Waals surface area contributed by atoms with Crippen molar-refractivity contribution < 1.29 is 28.6 Å². The summed E-state index contributed by atoms with van der Waals surface area (Å²) in [4.78, 5) is 38.1. The largest absolute Gasteiger partial charge is 0.462 e. The zero-order valence-corrected chi connectivity index (χ0v) is 45.5. The molecule has 0 amide bonds. The number of carbonyl (C=O) groups is 3. The fourth-order valence-corrected chi connectivity index (χ4v) is 6.41. The molecule has 0 aromatic heterocycles. The molecular weight excluding hydrogens is 901 g/mol. The lowest BCUT2D eigenvalue weighted by atomic mass is 10.1. The molecule has 0 spiro atoms. The number of hydrogen-bond donors (Lipinski definition) is 0. The lowest BCUT2D eigenvalue weighted by Crippen LogP contribution is -2.30. The van der Waals surface area contributed by atoms with Crippen LogP contribution in [0.5, 0.6) is 0 Å². The van der Waals surface area contributed by atoms with Crippen LogP contribution in [-0.2, 0) is 28.6 Å². The Morgan fingerprint density at radius 3 is 0.986 bits per heavy atom. The van der Waals surface area contributed by atoms with E-state index in [1.54, 1.807) is 0 Å². The van der Waals surface area contributed by atoms with Crippen molar-refractivity contribution in [2.24, 2.45) is 0 Å². The van der Waals surface area contributed by atoms with Crippen LogP contribution in [0.1, 0.15) is 175 Å². The quantitative estimate of drug-likeness (QED) is 0.0199. The second-order valence-corrected chi connectivity index (χ2v) is 17.1.